The molecule has 0 spiro atoms. The highest BCUT2D eigenvalue weighted by molar-refractivity contribution is 9.11. The number of nitrogen functional groups attached to an aromatic ring is 1. The maximum atomic E-state index is 5.44. The van der Waals surface area contributed by atoms with Crippen LogP contribution in [0.15, 0.2) is 16.2 Å². The first-order chi connectivity index (χ1) is 4.75. The molecule has 6 heteroatoms. The van der Waals surface area contributed by atoms with Crippen LogP contribution in [0, 0.1) is 0 Å². The van der Waals surface area contributed by atoms with Crippen LogP contribution in [0.5, 0.6) is 0 Å². The Morgan fingerprint density at radius 1 is 1.55 bits per heavy atom. The molecule has 0 saturated carbocycles. The van der Waals surface area contributed by atoms with Crippen molar-refractivity contribution in [3.63, 3.8) is 0 Å². The average molecular weight is 255 g/mol. The first-order valence-electron chi connectivity index (χ1n) is 2.65. The van der Waals surface area contributed by atoms with Crippen molar-refractivity contribution in [3.05, 3.63) is 16.2 Å². The quantitative estimate of drug-likeness (QED) is 0.783. The number of hydrogen-bond acceptors (Lipinski definition) is 3. The lowest BCUT2D eigenvalue weighted by atomic mass is 10.8. The smallest absolute Gasteiger partial charge is 0.196 e. The van der Waals surface area contributed by atoms with Crippen molar-refractivity contribution in [2.75, 3.05) is 5.73 Å². The minimum atomic E-state index is 0. The second-order valence-corrected chi connectivity index (χ2v) is 4.28. The van der Waals surface area contributed by atoms with Crippen LogP contribution in [0.1, 0.15) is 0 Å². The SMILES string of the molecule is Cl.Nc1cn2cc(Br)sc2n1. The van der Waals surface area contributed by atoms with Gasteiger partial charge in [0.05, 0.1) is 9.98 Å². The van der Waals surface area contributed by atoms with Crippen molar-refractivity contribution in [2.45, 2.75) is 0 Å². The average Bonchev–Trinajstić information content (AvgIpc) is 2.21. The maximum Gasteiger partial charge on any atom is 0.196 e. The van der Waals surface area contributed by atoms with Gasteiger partial charge < -0.3 is 5.73 Å². The van der Waals surface area contributed by atoms with Gasteiger partial charge in [-0.2, -0.15) is 0 Å². The minimum absolute atomic E-state index is 0. The fourth-order valence-corrected chi connectivity index (χ4v) is 2.14. The van der Waals surface area contributed by atoms with E-state index >= 15 is 0 Å². The second-order valence-electron chi connectivity index (χ2n) is 1.89. The molecular weight excluding hydrogens is 250 g/mol. The Kier molecular flexibility index (Phi) is 2.41. The van der Waals surface area contributed by atoms with E-state index in [1.807, 2.05) is 10.6 Å². The number of anilines is 1. The summed E-state index contributed by atoms with van der Waals surface area (Å²) in [5.74, 6) is 0.568. The molecule has 60 valence electrons. The van der Waals surface area contributed by atoms with Gasteiger partial charge in [0.25, 0.3) is 0 Å². The summed E-state index contributed by atoms with van der Waals surface area (Å²) in [4.78, 5) is 4.98. The Morgan fingerprint density at radius 3 is 2.91 bits per heavy atom. The topological polar surface area (TPSA) is 43.3 Å². The third-order valence-corrected chi connectivity index (χ3v) is 2.62. The molecule has 11 heavy (non-hydrogen) atoms. The summed E-state index contributed by atoms with van der Waals surface area (Å²) >= 11 is 4.91. The lowest BCUT2D eigenvalue weighted by Crippen LogP contribution is -1.80. The van der Waals surface area contributed by atoms with Crippen LogP contribution in [-0.4, -0.2) is 9.38 Å². The van der Waals surface area contributed by atoms with E-state index < -0.39 is 0 Å². The van der Waals surface area contributed by atoms with E-state index in [9.17, 15) is 0 Å². The van der Waals surface area contributed by atoms with Gasteiger partial charge in [-0.3, -0.25) is 4.40 Å². The third-order valence-electron chi connectivity index (χ3n) is 1.15. The van der Waals surface area contributed by atoms with E-state index in [-0.39, 0.29) is 12.4 Å². The molecule has 2 aromatic rings. The van der Waals surface area contributed by atoms with Crippen molar-refractivity contribution >= 4 is 50.5 Å². The highest BCUT2D eigenvalue weighted by Gasteiger charge is 2.00. The number of hydrogen-bond donors (Lipinski definition) is 1. The molecule has 0 aliphatic carbocycles. The van der Waals surface area contributed by atoms with Gasteiger partial charge in [-0.1, -0.05) is 11.3 Å². The fraction of sp³-hybridized carbons (Fsp3) is 0. The van der Waals surface area contributed by atoms with E-state index in [2.05, 4.69) is 20.9 Å². The predicted molar refractivity (Wildman–Crippen MR) is 52.4 cm³/mol. The summed E-state index contributed by atoms with van der Waals surface area (Å²) in [7, 11) is 0. The number of nitrogens with two attached hydrogens (primary N) is 1. The number of fused-ring (bicyclic) bond motifs is 1. The number of imidazole rings is 1. The van der Waals surface area contributed by atoms with E-state index in [1.54, 1.807) is 17.5 Å². The molecule has 2 aromatic heterocycles. The Hall–Kier alpha value is -0.260. The van der Waals surface area contributed by atoms with Crippen molar-refractivity contribution in [3.8, 4) is 0 Å². The second kappa shape index (κ2) is 3.00. The Morgan fingerprint density at radius 2 is 2.27 bits per heavy atom. The van der Waals surface area contributed by atoms with Crippen LogP contribution in [0.2, 0.25) is 0 Å². The Balaban J connectivity index is 0.000000605. The van der Waals surface area contributed by atoms with Gasteiger partial charge in [0.15, 0.2) is 4.96 Å². The molecule has 0 amide bonds. The Labute approximate surface area is 81.8 Å². The first-order valence-corrected chi connectivity index (χ1v) is 4.26. The van der Waals surface area contributed by atoms with Gasteiger partial charge in [-0.15, -0.1) is 12.4 Å². The number of thiazole rings is 1. The molecule has 0 fully saturated rings. The molecule has 3 nitrogen and oxygen atoms in total. The summed E-state index contributed by atoms with van der Waals surface area (Å²) < 4.78 is 2.96. The zero-order valence-electron chi connectivity index (χ0n) is 5.32. The number of rotatable bonds is 0. The van der Waals surface area contributed by atoms with E-state index in [0.717, 1.165) is 8.75 Å². The zero-order chi connectivity index (χ0) is 7.14. The lowest BCUT2D eigenvalue weighted by molar-refractivity contribution is 1.23. The molecule has 0 unspecified atom stereocenters. The fourth-order valence-electron chi connectivity index (χ4n) is 0.786. The van der Waals surface area contributed by atoms with Crippen LogP contribution in [0.25, 0.3) is 4.96 Å². The molecule has 2 heterocycles. The van der Waals surface area contributed by atoms with E-state index in [4.69, 9.17) is 5.73 Å². The van der Waals surface area contributed by atoms with Crippen LogP contribution in [0.3, 0.4) is 0 Å². The predicted octanol–water partition coefficient (Wildman–Crippen LogP) is 2.16. The normalized spacial score (nSPS) is 9.91. The molecule has 0 radical (unpaired) electrons. The van der Waals surface area contributed by atoms with Gasteiger partial charge in [0.1, 0.15) is 5.82 Å². The first kappa shape index (κ1) is 8.83. The molecule has 2 rings (SSSR count). The largest absolute Gasteiger partial charge is 0.382 e. The van der Waals surface area contributed by atoms with Gasteiger partial charge >= 0.3 is 0 Å². The highest BCUT2D eigenvalue weighted by Crippen LogP contribution is 2.22. The number of aromatic nitrogens is 2. The number of nitrogens with zero attached hydrogens (tertiary/aromatic N) is 2. The molecular formula is C5H5BrClN3S. The van der Waals surface area contributed by atoms with Crippen LogP contribution in [0.4, 0.5) is 5.82 Å². The summed E-state index contributed by atoms with van der Waals surface area (Å²) in [5, 5.41) is 0. The Bertz CT molecular complexity index is 306. The van der Waals surface area contributed by atoms with Crippen LogP contribution >= 0.6 is 39.7 Å². The van der Waals surface area contributed by atoms with E-state index in [0.29, 0.717) is 5.82 Å². The number of halogens is 2. The minimum Gasteiger partial charge on any atom is -0.382 e. The molecule has 2 N–H and O–H groups in total. The zero-order valence-corrected chi connectivity index (χ0v) is 8.54. The van der Waals surface area contributed by atoms with Crippen molar-refractivity contribution in [1.29, 1.82) is 0 Å². The summed E-state index contributed by atoms with van der Waals surface area (Å²) in [6.07, 6.45) is 3.72. The molecule has 0 aromatic carbocycles. The van der Waals surface area contributed by atoms with Gasteiger partial charge in [0.2, 0.25) is 0 Å². The highest BCUT2D eigenvalue weighted by atomic mass is 79.9. The van der Waals surface area contributed by atoms with Gasteiger partial charge in [-0.25, -0.2) is 4.98 Å². The van der Waals surface area contributed by atoms with E-state index in [1.165, 1.54) is 0 Å². The molecule has 0 bridgehead atoms. The maximum absolute atomic E-state index is 5.44. The van der Waals surface area contributed by atoms with Gasteiger partial charge in [0, 0.05) is 6.20 Å². The molecule has 0 saturated heterocycles. The van der Waals surface area contributed by atoms with Crippen LogP contribution < -0.4 is 5.73 Å². The van der Waals surface area contributed by atoms with Crippen molar-refractivity contribution in [2.24, 2.45) is 0 Å². The summed E-state index contributed by atoms with van der Waals surface area (Å²) in [6.45, 7) is 0. The molecule has 0 atom stereocenters. The van der Waals surface area contributed by atoms with Crippen molar-refractivity contribution < 1.29 is 0 Å². The molecule has 0 aliphatic heterocycles. The van der Waals surface area contributed by atoms with Crippen molar-refractivity contribution in [1.82, 2.24) is 9.38 Å². The third kappa shape index (κ3) is 1.50. The monoisotopic (exact) mass is 253 g/mol. The summed E-state index contributed by atoms with van der Waals surface area (Å²) in [5.41, 5.74) is 5.44. The van der Waals surface area contributed by atoms with Crippen LogP contribution in [-0.2, 0) is 0 Å². The molecule has 0 aliphatic rings. The lowest BCUT2D eigenvalue weighted by Gasteiger charge is -1.74. The van der Waals surface area contributed by atoms with Gasteiger partial charge in [-0.05, 0) is 15.9 Å². The summed E-state index contributed by atoms with van der Waals surface area (Å²) in [6, 6.07) is 0. The standard InChI is InChI=1S/C5H4BrN3S.ClH/c6-3-1-9-2-4(7)8-5(9)10-3;/h1-2H,7H2;1H.